The fourth-order valence-electron chi connectivity index (χ4n) is 3.26. The van der Waals surface area contributed by atoms with Gasteiger partial charge in [-0.05, 0) is 44.5 Å². The van der Waals surface area contributed by atoms with Gasteiger partial charge in [-0.2, -0.15) is 0 Å². The normalized spacial score (nSPS) is 11.7. The highest BCUT2D eigenvalue weighted by atomic mass is 16.5. The van der Waals surface area contributed by atoms with E-state index in [1.165, 1.54) is 0 Å². The summed E-state index contributed by atoms with van der Waals surface area (Å²) in [5.41, 5.74) is 4.15. The Morgan fingerprint density at radius 3 is 2.25 bits per heavy atom. The molecule has 28 heavy (non-hydrogen) atoms. The minimum absolute atomic E-state index is 0.157. The van der Waals surface area contributed by atoms with E-state index < -0.39 is 5.97 Å². The Balaban J connectivity index is 1.63. The van der Waals surface area contributed by atoms with Crippen LogP contribution < -0.4 is 5.32 Å². The van der Waals surface area contributed by atoms with Crippen molar-refractivity contribution in [1.82, 2.24) is 9.88 Å². The molecule has 0 aliphatic carbocycles. The van der Waals surface area contributed by atoms with Crippen molar-refractivity contribution in [3.63, 3.8) is 0 Å². The van der Waals surface area contributed by atoms with Crippen LogP contribution in [0.4, 0.5) is 0 Å². The number of carbonyl (C=O) groups excluding carboxylic acids is 2. The summed E-state index contributed by atoms with van der Waals surface area (Å²) in [7, 11) is 0. The Bertz CT molecular complexity index is 962. The number of nitrogens with zero attached hydrogens (tertiary/aromatic N) is 1. The molecule has 0 radical (unpaired) electrons. The maximum Gasteiger partial charge on any atom is 0.340 e. The number of hydrogen-bond donors (Lipinski definition) is 1. The number of carbonyl (C=O) groups is 2. The van der Waals surface area contributed by atoms with E-state index in [9.17, 15) is 9.59 Å². The molecule has 1 atom stereocenters. The maximum absolute atomic E-state index is 12.5. The topological polar surface area (TPSA) is 60.3 Å². The van der Waals surface area contributed by atoms with Gasteiger partial charge in [-0.25, -0.2) is 4.79 Å². The Kier molecular flexibility index (Phi) is 5.94. The van der Waals surface area contributed by atoms with Crippen LogP contribution in [0.5, 0.6) is 0 Å². The molecule has 0 aliphatic heterocycles. The lowest BCUT2D eigenvalue weighted by atomic mass is 10.1. The molecule has 5 nitrogen and oxygen atoms in total. The van der Waals surface area contributed by atoms with Crippen LogP contribution in [0.15, 0.2) is 66.7 Å². The van der Waals surface area contributed by atoms with E-state index in [1.807, 2.05) is 86.0 Å². The second-order valence-corrected chi connectivity index (χ2v) is 6.73. The number of aromatic nitrogens is 1. The average Bonchev–Trinajstić information content (AvgIpc) is 3.01. The summed E-state index contributed by atoms with van der Waals surface area (Å²) in [5, 5.41) is 2.84. The zero-order valence-electron chi connectivity index (χ0n) is 16.3. The van der Waals surface area contributed by atoms with Crippen LogP contribution in [0.1, 0.15) is 40.3 Å². The van der Waals surface area contributed by atoms with E-state index in [0.717, 1.165) is 22.6 Å². The number of esters is 1. The lowest BCUT2D eigenvalue weighted by molar-refractivity contribution is -0.124. The summed E-state index contributed by atoms with van der Waals surface area (Å²) in [6, 6.07) is 21.1. The highest BCUT2D eigenvalue weighted by Gasteiger charge is 2.19. The number of benzene rings is 2. The molecule has 3 aromatic rings. The summed E-state index contributed by atoms with van der Waals surface area (Å²) >= 11 is 0. The molecule has 3 rings (SSSR count). The first kappa shape index (κ1) is 19.4. The van der Waals surface area contributed by atoms with Gasteiger partial charge in [0.25, 0.3) is 5.91 Å². The van der Waals surface area contributed by atoms with Gasteiger partial charge in [0.05, 0.1) is 11.6 Å². The molecule has 5 heteroatoms. The molecule has 1 amide bonds. The number of nitrogens with one attached hydrogen (secondary N) is 1. The molecule has 1 heterocycles. The van der Waals surface area contributed by atoms with Crippen molar-refractivity contribution in [1.29, 1.82) is 0 Å². The van der Waals surface area contributed by atoms with Gasteiger partial charge >= 0.3 is 5.97 Å². The highest BCUT2D eigenvalue weighted by Crippen LogP contribution is 2.21. The molecular formula is C23H24N2O3. The predicted octanol–water partition coefficient (Wildman–Crippen LogP) is 4.13. The number of ether oxygens (including phenoxy) is 1. The molecule has 144 valence electrons. The molecule has 2 aromatic carbocycles. The second-order valence-electron chi connectivity index (χ2n) is 6.73. The van der Waals surface area contributed by atoms with Gasteiger partial charge in [0.1, 0.15) is 0 Å². The van der Waals surface area contributed by atoms with E-state index in [0.29, 0.717) is 5.56 Å². The van der Waals surface area contributed by atoms with Crippen molar-refractivity contribution in [2.75, 3.05) is 6.61 Å². The average molecular weight is 376 g/mol. The Labute approximate surface area is 165 Å². The monoisotopic (exact) mass is 376 g/mol. The third kappa shape index (κ3) is 4.31. The first-order valence-corrected chi connectivity index (χ1v) is 9.23. The number of rotatable bonds is 6. The third-order valence-electron chi connectivity index (χ3n) is 4.68. The Morgan fingerprint density at radius 1 is 1.00 bits per heavy atom. The van der Waals surface area contributed by atoms with E-state index in [2.05, 4.69) is 5.32 Å². The van der Waals surface area contributed by atoms with Crippen LogP contribution in [-0.4, -0.2) is 23.1 Å². The molecule has 0 fully saturated rings. The van der Waals surface area contributed by atoms with Crippen LogP contribution in [0, 0.1) is 13.8 Å². The fraction of sp³-hybridized carbons (Fsp3) is 0.217. The summed E-state index contributed by atoms with van der Waals surface area (Å²) in [4.78, 5) is 24.7. The van der Waals surface area contributed by atoms with E-state index in [4.69, 9.17) is 4.74 Å². The van der Waals surface area contributed by atoms with Gasteiger partial charge < -0.3 is 14.6 Å². The van der Waals surface area contributed by atoms with Crippen LogP contribution in [0.3, 0.4) is 0 Å². The molecule has 1 aromatic heterocycles. The van der Waals surface area contributed by atoms with Crippen molar-refractivity contribution in [2.24, 2.45) is 0 Å². The number of aryl methyl sites for hydroxylation is 1. The van der Waals surface area contributed by atoms with Crippen LogP contribution >= 0.6 is 0 Å². The van der Waals surface area contributed by atoms with Gasteiger partial charge in [0.15, 0.2) is 6.61 Å². The smallest absolute Gasteiger partial charge is 0.340 e. The molecule has 0 saturated carbocycles. The SMILES string of the molecule is Cc1cc(C(=O)OCC(=O)N[C@@H](C)c2ccccc2)c(C)n1-c1ccccc1. The molecule has 1 N–H and O–H groups in total. The predicted molar refractivity (Wildman–Crippen MR) is 109 cm³/mol. The highest BCUT2D eigenvalue weighted by molar-refractivity contribution is 5.93. The Hall–Kier alpha value is -3.34. The zero-order valence-corrected chi connectivity index (χ0v) is 16.3. The standard InChI is InChI=1S/C23H24N2O3/c1-16-14-21(18(3)25(16)20-12-8-5-9-13-20)23(27)28-15-22(26)24-17(2)19-10-6-4-7-11-19/h4-14,17H,15H2,1-3H3,(H,24,26)/t17-/m0/s1. The van der Waals surface area contributed by atoms with Crippen molar-refractivity contribution in [3.8, 4) is 5.69 Å². The summed E-state index contributed by atoms with van der Waals surface area (Å²) in [6.45, 7) is 5.38. The molecular weight excluding hydrogens is 352 g/mol. The van der Waals surface area contributed by atoms with Gasteiger partial charge in [0.2, 0.25) is 0 Å². The van der Waals surface area contributed by atoms with Crippen molar-refractivity contribution < 1.29 is 14.3 Å². The van der Waals surface area contributed by atoms with Gasteiger partial charge in [-0.1, -0.05) is 48.5 Å². The summed E-state index contributed by atoms with van der Waals surface area (Å²) in [6.07, 6.45) is 0. The number of amides is 1. The third-order valence-corrected chi connectivity index (χ3v) is 4.68. The fourth-order valence-corrected chi connectivity index (χ4v) is 3.26. The van der Waals surface area contributed by atoms with Crippen LogP contribution in [-0.2, 0) is 9.53 Å². The van der Waals surface area contributed by atoms with Gasteiger partial charge in [-0.15, -0.1) is 0 Å². The van der Waals surface area contributed by atoms with Crippen molar-refractivity contribution >= 4 is 11.9 Å². The molecule has 0 bridgehead atoms. The quantitative estimate of drug-likeness (QED) is 0.658. The molecule has 0 aliphatic rings. The minimum Gasteiger partial charge on any atom is -0.452 e. The van der Waals surface area contributed by atoms with Gasteiger partial charge in [-0.3, -0.25) is 4.79 Å². The van der Waals surface area contributed by atoms with E-state index in [1.54, 1.807) is 6.07 Å². The lowest BCUT2D eigenvalue weighted by Gasteiger charge is -2.14. The minimum atomic E-state index is -0.502. The first-order valence-electron chi connectivity index (χ1n) is 9.23. The lowest BCUT2D eigenvalue weighted by Crippen LogP contribution is -2.31. The van der Waals surface area contributed by atoms with E-state index >= 15 is 0 Å². The Morgan fingerprint density at radius 2 is 1.61 bits per heavy atom. The van der Waals surface area contributed by atoms with Crippen LogP contribution in [0.2, 0.25) is 0 Å². The first-order chi connectivity index (χ1) is 13.5. The van der Waals surface area contributed by atoms with Crippen molar-refractivity contribution in [3.05, 3.63) is 89.2 Å². The number of hydrogen-bond acceptors (Lipinski definition) is 3. The molecule has 0 spiro atoms. The summed E-state index contributed by atoms with van der Waals surface area (Å²) in [5.74, 6) is -0.834. The summed E-state index contributed by atoms with van der Waals surface area (Å²) < 4.78 is 7.24. The second kappa shape index (κ2) is 8.57. The number of para-hydroxylation sites is 1. The molecule has 0 saturated heterocycles. The maximum atomic E-state index is 12.5. The van der Waals surface area contributed by atoms with Crippen molar-refractivity contribution in [2.45, 2.75) is 26.8 Å². The van der Waals surface area contributed by atoms with E-state index in [-0.39, 0.29) is 18.6 Å². The van der Waals surface area contributed by atoms with Gasteiger partial charge in [0, 0.05) is 17.1 Å². The largest absolute Gasteiger partial charge is 0.452 e. The molecule has 0 unspecified atom stereocenters. The zero-order chi connectivity index (χ0) is 20.1. The van der Waals surface area contributed by atoms with Crippen LogP contribution in [0.25, 0.3) is 5.69 Å².